The van der Waals surface area contributed by atoms with E-state index in [1.54, 1.807) is 5.01 Å². The lowest BCUT2D eigenvalue weighted by atomic mass is 10.3. The van der Waals surface area contributed by atoms with Crippen LogP contribution in [0.1, 0.15) is 13.8 Å². The Kier molecular flexibility index (Phi) is 5.84. The van der Waals surface area contributed by atoms with E-state index in [4.69, 9.17) is 0 Å². The van der Waals surface area contributed by atoms with Gasteiger partial charge in [-0.3, -0.25) is 0 Å². The molecule has 0 heterocycles. The van der Waals surface area contributed by atoms with Crippen LogP contribution in [0.25, 0.3) is 0 Å². The van der Waals surface area contributed by atoms with E-state index in [9.17, 15) is 0 Å². The third kappa shape index (κ3) is 6.17. The van der Waals surface area contributed by atoms with E-state index in [-0.39, 0.29) is 0 Å². The molecular weight excluding hydrogens is 228 g/mol. The molecule has 2 nitrogen and oxygen atoms in total. The zero-order valence-corrected chi connectivity index (χ0v) is 11.7. The van der Waals surface area contributed by atoms with Gasteiger partial charge in [0.25, 0.3) is 0 Å². The van der Waals surface area contributed by atoms with Gasteiger partial charge in [0.15, 0.2) is 0 Å². The fourth-order valence-corrected chi connectivity index (χ4v) is 2.39. The fraction of sp³-hybridized carbons (Fsp3) is 0.357. The predicted molar refractivity (Wildman–Crippen MR) is 77.7 cm³/mol. The molecule has 92 valence electrons. The Hall–Kier alpha value is -1.22. The average molecular weight is 248 g/mol. The van der Waals surface area contributed by atoms with Gasteiger partial charge in [-0.2, -0.15) is 5.10 Å². The summed E-state index contributed by atoms with van der Waals surface area (Å²) in [5, 5.41) is 6.46. The first-order valence-electron chi connectivity index (χ1n) is 5.69. The SMILES string of the molecule is CC(/C=N/N(C)C)=C\C(C)Sc1ccccc1. The molecule has 1 rings (SSSR count). The number of hydrogen-bond donors (Lipinski definition) is 0. The van der Waals surface area contributed by atoms with E-state index in [1.807, 2.05) is 38.1 Å². The summed E-state index contributed by atoms with van der Waals surface area (Å²) in [5.74, 6) is 0. The van der Waals surface area contributed by atoms with Crippen molar-refractivity contribution in [2.75, 3.05) is 14.1 Å². The Morgan fingerprint density at radius 1 is 1.29 bits per heavy atom. The van der Waals surface area contributed by atoms with Gasteiger partial charge in [-0.05, 0) is 31.6 Å². The first-order valence-corrected chi connectivity index (χ1v) is 6.57. The summed E-state index contributed by atoms with van der Waals surface area (Å²) in [6.07, 6.45) is 4.12. The topological polar surface area (TPSA) is 15.6 Å². The Bertz CT molecular complexity index is 382. The zero-order valence-electron chi connectivity index (χ0n) is 10.9. The van der Waals surface area contributed by atoms with Gasteiger partial charge in [0.1, 0.15) is 0 Å². The molecule has 1 aromatic rings. The second-order valence-corrected chi connectivity index (χ2v) is 5.59. The molecule has 1 aromatic carbocycles. The molecule has 1 atom stereocenters. The molecule has 0 spiro atoms. The highest BCUT2D eigenvalue weighted by molar-refractivity contribution is 8.00. The standard InChI is InChI=1S/C14H20N2S/c1-12(11-15-16(3)4)10-13(2)17-14-8-6-5-7-9-14/h5-11,13H,1-4H3/b12-10+,15-11+. The normalized spacial score (nSPS) is 14.0. The quantitative estimate of drug-likeness (QED) is 0.449. The highest BCUT2D eigenvalue weighted by atomic mass is 32.2. The Labute approximate surface area is 108 Å². The van der Waals surface area contributed by atoms with Crippen LogP contribution in [0.15, 0.2) is 52.0 Å². The predicted octanol–water partition coefficient (Wildman–Crippen LogP) is 3.66. The van der Waals surface area contributed by atoms with E-state index < -0.39 is 0 Å². The largest absolute Gasteiger partial charge is 0.303 e. The van der Waals surface area contributed by atoms with E-state index >= 15 is 0 Å². The molecular formula is C14H20N2S. The maximum absolute atomic E-state index is 4.22. The van der Waals surface area contributed by atoms with Crippen molar-refractivity contribution < 1.29 is 0 Å². The summed E-state index contributed by atoms with van der Waals surface area (Å²) in [7, 11) is 3.85. The van der Waals surface area contributed by atoms with Crippen molar-refractivity contribution in [3.05, 3.63) is 42.0 Å². The molecule has 0 bridgehead atoms. The van der Waals surface area contributed by atoms with Gasteiger partial charge in [0.05, 0.1) is 0 Å². The Balaban J connectivity index is 2.54. The number of benzene rings is 1. The molecule has 0 fully saturated rings. The lowest BCUT2D eigenvalue weighted by Gasteiger charge is -2.07. The molecule has 0 saturated heterocycles. The summed E-state index contributed by atoms with van der Waals surface area (Å²) < 4.78 is 0. The van der Waals surface area contributed by atoms with Crippen molar-refractivity contribution in [3.8, 4) is 0 Å². The van der Waals surface area contributed by atoms with Gasteiger partial charge in [-0.25, -0.2) is 0 Å². The molecule has 0 aliphatic rings. The van der Waals surface area contributed by atoms with E-state index in [1.165, 1.54) is 10.5 Å². The number of allylic oxidation sites excluding steroid dienone is 1. The van der Waals surface area contributed by atoms with Crippen LogP contribution in [0, 0.1) is 0 Å². The summed E-state index contributed by atoms with van der Waals surface area (Å²) in [5.41, 5.74) is 1.19. The van der Waals surface area contributed by atoms with Crippen molar-refractivity contribution in [2.45, 2.75) is 24.0 Å². The highest BCUT2D eigenvalue weighted by Gasteiger charge is 2.00. The van der Waals surface area contributed by atoms with Crippen LogP contribution < -0.4 is 0 Å². The van der Waals surface area contributed by atoms with Crippen LogP contribution in [0.5, 0.6) is 0 Å². The molecule has 1 unspecified atom stereocenters. The average Bonchev–Trinajstić information content (AvgIpc) is 2.27. The van der Waals surface area contributed by atoms with Crippen LogP contribution in [0.3, 0.4) is 0 Å². The van der Waals surface area contributed by atoms with Gasteiger partial charge in [-0.15, -0.1) is 11.8 Å². The van der Waals surface area contributed by atoms with Crippen LogP contribution in [0.4, 0.5) is 0 Å². The van der Waals surface area contributed by atoms with Gasteiger partial charge in [0.2, 0.25) is 0 Å². The van der Waals surface area contributed by atoms with Crippen molar-refractivity contribution in [3.63, 3.8) is 0 Å². The summed E-state index contributed by atoms with van der Waals surface area (Å²) in [6.45, 7) is 4.28. The van der Waals surface area contributed by atoms with E-state index in [0.29, 0.717) is 5.25 Å². The maximum atomic E-state index is 4.22. The smallest absolute Gasteiger partial charge is 0.0496 e. The minimum absolute atomic E-state index is 0.450. The summed E-state index contributed by atoms with van der Waals surface area (Å²) >= 11 is 1.85. The monoisotopic (exact) mass is 248 g/mol. The number of nitrogens with zero attached hydrogens (tertiary/aromatic N) is 2. The molecule has 17 heavy (non-hydrogen) atoms. The van der Waals surface area contributed by atoms with Crippen LogP contribution in [0.2, 0.25) is 0 Å². The summed E-state index contributed by atoms with van der Waals surface area (Å²) in [6, 6.07) is 10.5. The lowest BCUT2D eigenvalue weighted by molar-refractivity contribution is 0.440. The molecule has 0 radical (unpaired) electrons. The molecule has 0 amide bonds. The highest BCUT2D eigenvalue weighted by Crippen LogP contribution is 2.23. The first kappa shape index (κ1) is 13.8. The molecule has 3 heteroatoms. The zero-order chi connectivity index (χ0) is 12.7. The minimum atomic E-state index is 0.450. The number of thioether (sulfide) groups is 1. The third-order valence-electron chi connectivity index (χ3n) is 2.06. The lowest BCUT2D eigenvalue weighted by Crippen LogP contribution is -2.02. The molecule has 0 N–H and O–H groups in total. The Morgan fingerprint density at radius 3 is 2.53 bits per heavy atom. The maximum Gasteiger partial charge on any atom is 0.0496 e. The first-order chi connectivity index (χ1) is 8.08. The van der Waals surface area contributed by atoms with Gasteiger partial charge in [-0.1, -0.05) is 24.3 Å². The van der Waals surface area contributed by atoms with Crippen LogP contribution in [-0.4, -0.2) is 30.6 Å². The third-order valence-corrected chi connectivity index (χ3v) is 3.11. The molecule has 0 aliphatic carbocycles. The number of hydrogen-bond acceptors (Lipinski definition) is 3. The second kappa shape index (κ2) is 7.17. The van der Waals surface area contributed by atoms with E-state index in [0.717, 1.165) is 0 Å². The van der Waals surface area contributed by atoms with Crippen molar-refractivity contribution in [1.82, 2.24) is 5.01 Å². The molecule has 0 aromatic heterocycles. The van der Waals surface area contributed by atoms with Crippen molar-refractivity contribution in [1.29, 1.82) is 0 Å². The van der Waals surface area contributed by atoms with Crippen molar-refractivity contribution in [2.24, 2.45) is 5.10 Å². The van der Waals surface area contributed by atoms with E-state index in [2.05, 4.69) is 49.3 Å². The minimum Gasteiger partial charge on any atom is -0.303 e. The van der Waals surface area contributed by atoms with Crippen LogP contribution in [-0.2, 0) is 0 Å². The van der Waals surface area contributed by atoms with Crippen LogP contribution >= 0.6 is 11.8 Å². The fourth-order valence-electron chi connectivity index (χ4n) is 1.37. The van der Waals surface area contributed by atoms with Gasteiger partial charge < -0.3 is 5.01 Å². The van der Waals surface area contributed by atoms with Gasteiger partial charge in [0, 0.05) is 30.5 Å². The number of rotatable bonds is 5. The second-order valence-electron chi connectivity index (χ2n) is 4.14. The Morgan fingerprint density at radius 2 is 1.94 bits per heavy atom. The molecule has 0 saturated carbocycles. The number of hydrazone groups is 1. The molecule has 0 aliphatic heterocycles. The van der Waals surface area contributed by atoms with Crippen molar-refractivity contribution >= 4 is 18.0 Å². The summed E-state index contributed by atoms with van der Waals surface area (Å²) in [4.78, 5) is 1.30. The van der Waals surface area contributed by atoms with Gasteiger partial charge >= 0.3 is 0 Å².